The van der Waals surface area contributed by atoms with Gasteiger partial charge in [0, 0.05) is 28.7 Å². The summed E-state index contributed by atoms with van der Waals surface area (Å²) < 4.78 is 12.2. The Morgan fingerprint density at radius 3 is 2.34 bits per heavy atom. The Balaban J connectivity index is 1.86. The number of aryl methyl sites for hydroxylation is 3. The van der Waals surface area contributed by atoms with E-state index in [0.29, 0.717) is 23.1 Å². The van der Waals surface area contributed by atoms with E-state index in [1.54, 1.807) is 37.1 Å². The van der Waals surface area contributed by atoms with Crippen LogP contribution in [0, 0.1) is 27.7 Å². The molecule has 0 bridgehead atoms. The molecule has 0 aliphatic heterocycles. The second-order valence-corrected chi connectivity index (χ2v) is 6.80. The van der Waals surface area contributed by atoms with E-state index in [0.717, 1.165) is 28.3 Å². The highest BCUT2D eigenvalue weighted by Crippen LogP contribution is 2.29. The van der Waals surface area contributed by atoms with Gasteiger partial charge in [0.25, 0.3) is 5.95 Å². The molecule has 8 heteroatoms. The average Bonchev–Trinajstić information content (AvgIpc) is 2.95. The molecule has 29 heavy (non-hydrogen) atoms. The summed E-state index contributed by atoms with van der Waals surface area (Å²) in [6.45, 7) is 7.62. The number of rotatable bonds is 6. The number of carbonyl (C=O) groups is 1. The Kier molecular flexibility index (Phi) is 5.81. The first-order valence-electron chi connectivity index (χ1n) is 9.22. The minimum Gasteiger partial charge on any atom is -0.497 e. The Labute approximate surface area is 169 Å². The third-order valence-corrected chi connectivity index (χ3v) is 4.62. The summed E-state index contributed by atoms with van der Waals surface area (Å²) in [5.74, 6) is 1.52. The van der Waals surface area contributed by atoms with Crippen LogP contribution in [0.4, 0.5) is 5.69 Å². The molecule has 3 aromatic rings. The molecule has 152 valence electrons. The molecule has 1 amide bonds. The third-order valence-electron chi connectivity index (χ3n) is 4.62. The van der Waals surface area contributed by atoms with Gasteiger partial charge in [0.1, 0.15) is 11.5 Å². The number of anilines is 1. The predicted molar refractivity (Wildman–Crippen MR) is 110 cm³/mol. The fourth-order valence-electron chi connectivity index (χ4n) is 3.19. The molecule has 2 heterocycles. The fraction of sp³-hybridized carbons (Fsp3) is 0.333. The van der Waals surface area contributed by atoms with Crippen molar-refractivity contribution < 1.29 is 14.3 Å². The van der Waals surface area contributed by atoms with Gasteiger partial charge in [-0.15, -0.1) is 0 Å². The van der Waals surface area contributed by atoms with E-state index in [9.17, 15) is 4.79 Å². The monoisotopic (exact) mass is 395 g/mol. The number of hydrogen-bond acceptors (Lipinski definition) is 6. The van der Waals surface area contributed by atoms with Gasteiger partial charge in [-0.3, -0.25) is 4.79 Å². The molecule has 0 saturated carbocycles. The molecule has 0 atom stereocenters. The molecule has 3 rings (SSSR count). The molecule has 1 aromatic carbocycles. The van der Waals surface area contributed by atoms with Crippen molar-refractivity contribution in [2.45, 2.75) is 34.1 Å². The van der Waals surface area contributed by atoms with Crippen LogP contribution in [-0.4, -0.2) is 39.9 Å². The van der Waals surface area contributed by atoms with E-state index in [4.69, 9.17) is 9.47 Å². The van der Waals surface area contributed by atoms with Crippen LogP contribution in [-0.2, 0) is 11.2 Å². The normalized spacial score (nSPS) is 10.7. The van der Waals surface area contributed by atoms with Crippen molar-refractivity contribution in [3.8, 4) is 17.4 Å². The lowest BCUT2D eigenvalue weighted by Gasteiger charge is -2.12. The highest BCUT2D eigenvalue weighted by atomic mass is 16.5. The molecule has 1 N–H and O–H groups in total. The molecule has 0 unspecified atom stereocenters. The smallest absolute Gasteiger partial charge is 0.251 e. The Bertz CT molecular complexity index is 1040. The highest BCUT2D eigenvalue weighted by Gasteiger charge is 2.18. The second kappa shape index (κ2) is 8.30. The molecule has 0 saturated heterocycles. The quantitative estimate of drug-likeness (QED) is 0.690. The lowest BCUT2D eigenvalue weighted by molar-refractivity contribution is -0.115. The third kappa shape index (κ3) is 4.37. The van der Waals surface area contributed by atoms with Crippen molar-refractivity contribution in [3.05, 3.63) is 52.6 Å². The number of nitrogens with one attached hydrogen (secondary N) is 1. The van der Waals surface area contributed by atoms with Crippen LogP contribution < -0.4 is 14.8 Å². The summed E-state index contributed by atoms with van der Waals surface area (Å²) in [4.78, 5) is 21.7. The minimum absolute atomic E-state index is 0.169. The summed E-state index contributed by atoms with van der Waals surface area (Å²) in [6, 6.07) is 7.16. The molecular formula is C21H25N5O3. The van der Waals surface area contributed by atoms with Crippen LogP contribution >= 0.6 is 0 Å². The zero-order valence-electron chi connectivity index (χ0n) is 17.5. The Morgan fingerprint density at radius 1 is 1.03 bits per heavy atom. The first-order valence-corrected chi connectivity index (χ1v) is 9.22. The molecule has 0 radical (unpaired) electrons. The molecule has 0 spiro atoms. The second-order valence-electron chi connectivity index (χ2n) is 6.80. The molecule has 0 aliphatic carbocycles. The zero-order valence-corrected chi connectivity index (χ0v) is 17.5. The van der Waals surface area contributed by atoms with Crippen LogP contribution in [0.5, 0.6) is 11.5 Å². The maximum atomic E-state index is 12.7. The lowest BCUT2D eigenvalue weighted by Crippen LogP contribution is -2.16. The maximum absolute atomic E-state index is 12.7. The fourth-order valence-corrected chi connectivity index (χ4v) is 3.19. The number of ether oxygens (including phenoxy) is 2. The van der Waals surface area contributed by atoms with E-state index in [2.05, 4.69) is 20.4 Å². The lowest BCUT2D eigenvalue weighted by atomic mass is 10.1. The minimum atomic E-state index is -0.177. The van der Waals surface area contributed by atoms with Gasteiger partial charge in [0.2, 0.25) is 5.91 Å². The van der Waals surface area contributed by atoms with E-state index >= 15 is 0 Å². The van der Waals surface area contributed by atoms with E-state index in [1.165, 1.54) is 0 Å². The van der Waals surface area contributed by atoms with Gasteiger partial charge in [-0.25, -0.2) is 14.6 Å². The largest absolute Gasteiger partial charge is 0.497 e. The summed E-state index contributed by atoms with van der Waals surface area (Å²) in [5, 5.41) is 7.44. The van der Waals surface area contributed by atoms with Gasteiger partial charge in [0.15, 0.2) is 0 Å². The molecule has 0 aliphatic rings. The molecule has 0 fully saturated rings. The van der Waals surface area contributed by atoms with Gasteiger partial charge < -0.3 is 14.8 Å². The van der Waals surface area contributed by atoms with Gasteiger partial charge in [-0.1, -0.05) is 0 Å². The van der Waals surface area contributed by atoms with E-state index < -0.39 is 0 Å². The number of nitrogens with zero attached hydrogens (tertiary/aromatic N) is 4. The maximum Gasteiger partial charge on any atom is 0.251 e. The van der Waals surface area contributed by atoms with Crippen LogP contribution in [0.2, 0.25) is 0 Å². The van der Waals surface area contributed by atoms with Crippen LogP contribution in [0.25, 0.3) is 5.95 Å². The number of carbonyl (C=O) groups excluding carboxylic acids is 1. The van der Waals surface area contributed by atoms with Crippen molar-refractivity contribution in [1.29, 1.82) is 0 Å². The van der Waals surface area contributed by atoms with Gasteiger partial charge in [0.05, 0.1) is 32.0 Å². The zero-order chi connectivity index (χ0) is 21.1. The molecular weight excluding hydrogens is 370 g/mol. The van der Waals surface area contributed by atoms with Crippen molar-refractivity contribution in [2.75, 3.05) is 19.5 Å². The summed E-state index contributed by atoms with van der Waals surface area (Å²) in [5.41, 5.74) is 4.72. The molecule has 8 nitrogen and oxygen atoms in total. The van der Waals surface area contributed by atoms with Gasteiger partial charge in [-0.05, 0) is 45.9 Å². The average molecular weight is 395 g/mol. The van der Waals surface area contributed by atoms with Crippen molar-refractivity contribution in [1.82, 2.24) is 19.7 Å². The standard InChI is InChI=1S/C21H25N5O3/c1-12-9-13(2)23-21(22-12)26-15(4)17(14(3)25-26)11-20(27)24-18-10-16(28-5)7-8-19(18)29-6/h7-10H,11H2,1-6H3,(H,24,27). The Hall–Kier alpha value is -3.42. The number of hydrogen-bond donors (Lipinski definition) is 1. The molecule has 2 aromatic heterocycles. The number of methoxy groups -OCH3 is 2. The van der Waals surface area contributed by atoms with Crippen molar-refractivity contribution in [3.63, 3.8) is 0 Å². The van der Waals surface area contributed by atoms with Gasteiger partial charge in [-0.2, -0.15) is 5.10 Å². The summed E-state index contributed by atoms with van der Waals surface area (Å²) in [6.07, 6.45) is 0.169. The number of aromatic nitrogens is 4. The summed E-state index contributed by atoms with van der Waals surface area (Å²) in [7, 11) is 3.13. The van der Waals surface area contributed by atoms with Crippen LogP contribution in [0.15, 0.2) is 24.3 Å². The highest BCUT2D eigenvalue weighted by molar-refractivity contribution is 5.94. The van der Waals surface area contributed by atoms with Crippen molar-refractivity contribution >= 4 is 11.6 Å². The summed E-state index contributed by atoms with van der Waals surface area (Å²) >= 11 is 0. The number of amides is 1. The van der Waals surface area contributed by atoms with Crippen molar-refractivity contribution in [2.24, 2.45) is 0 Å². The van der Waals surface area contributed by atoms with Crippen LogP contribution in [0.1, 0.15) is 28.3 Å². The number of benzene rings is 1. The predicted octanol–water partition coefficient (Wildman–Crippen LogP) is 3.09. The van der Waals surface area contributed by atoms with Crippen LogP contribution in [0.3, 0.4) is 0 Å². The topological polar surface area (TPSA) is 91.2 Å². The first-order chi connectivity index (χ1) is 13.8. The first kappa shape index (κ1) is 20.3. The van der Waals surface area contributed by atoms with E-state index in [-0.39, 0.29) is 12.3 Å². The Morgan fingerprint density at radius 2 is 1.72 bits per heavy atom. The van der Waals surface area contributed by atoms with Gasteiger partial charge >= 0.3 is 0 Å². The van der Waals surface area contributed by atoms with E-state index in [1.807, 2.05) is 33.8 Å². The SMILES string of the molecule is COc1ccc(OC)c(NC(=O)Cc2c(C)nn(-c3nc(C)cc(C)n3)c2C)c1.